The van der Waals surface area contributed by atoms with Gasteiger partial charge in [0.25, 0.3) is 0 Å². The van der Waals surface area contributed by atoms with E-state index < -0.39 is 5.97 Å². The molecule has 1 amide bonds. The van der Waals surface area contributed by atoms with Gasteiger partial charge in [0.1, 0.15) is 0 Å². The van der Waals surface area contributed by atoms with Crippen molar-refractivity contribution in [3.63, 3.8) is 0 Å². The van der Waals surface area contributed by atoms with Crippen molar-refractivity contribution in [2.75, 3.05) is 31.1 Å². The number of para-hydroxylation sites is 1. The summed E-state index contributed by atoms with van der Waals surface area (Å²) in [4.78, 5) is 29.5. The van der Waals surface area contributed by atoms with E-state index in [-0.39, 0.29) is 5.91 Å². The molecule has 2 aliphatic heterocycles. The molecule has 2 aromatic carbocycles. The summed E-state index contributed by atoms with van der Waals surface area (Å²) in [7, 11) is 0. The molecule has 6 heteroatoms. The van der Waals surface area contributed by atoms with Crippen LogP contribution < -0.4 is 4.90 Å². The highest BCUT2D eigenvalue weighted by atomic mass is 16.4. The third kappa shape index (κ3) is 4.41. The van der Waals surface area contributed by atoms with Gasteiger partial charge in [-0.05, 0) is 61.3 Å². The highest BCUT2D eigenvalue weighted by molar-refractivity contribution is 6.00. The molecule has 1 aliphatic carbocycles. The number of anilines is 1. The molecule has 0 spiro atoms. The molecule has 6 nitrogen and oxygen atoms in total. The summed E-state index contributed by atoms with van der Waals surface area (Å²) in [5.41, 5.74) is 6.20. The van der Waals surface area contributed by atoms with Gasteiger partial charge in [-0.25, -0.2) is 4.79 Å². The standard InChI is InChI=1S/C31H37N3O3/c1-21-13-15-32(16-14-21)28(35)20-33-17-18-34-27-19-23(31(36)37)11-12-24(27)29(22-7-3-2-4-8-22)30(34)25-9-5-6-10-26(25)33/h5-6,9-12,19,21-22H,2-4,7-8,13-18,20H2,1H3,(H,36,37). The first-order chi connectivity index (χ1) is 18.0. The van der Waals surface area contributed by atoms with Gasteiger partial charge >= 0.3 is 5.97 Å². The number of aromatic carboxylic acids is 1. The zero-order valence-corrected chi connectivity index (χ0v) is 21.8. The highest BCUT2D eigenvalue weighted by Crippen LogP contribution is 2.47. The van der Waals surface area contributed by atoms with Gasteiger partial charge in [-0.2, -0.15) is 0 Å². The molecule has 3 aliphatic rings. The second kappa shape index (κ2) is 9.88. The summed E-state index contributed by atoms with van der Waals surface area (Å²) in [6.07, 6.45) is 8.26. The van der Waals surface area contributed by atoms with Crippen molar-refractivity contribution in [2.45, 2.75) is 64.3 Å². The smallest absolute Gasteiger partial charge is 0.335 e. The molecule has 37 heavy (non-hydrogen) atoms. The third-order valence-corrected chi connectivity index (χ3v) is 8.92. The predicted molar refractivity (Wildman–Crippen MR) is 147 cm³/mol. The maximum Gasteiger partial charge on any atom is 0.335 e. The molecule has 194 valence electrons. The molecule has 0 unspecified atom stereocenters. The van der Waals surface area contributed by atoms with Crippen molar-refractivity contribution >= 4 is 28.5 Å². The molecule has 3 aromatic rings. The van der Waals surface area contributed by atoms with Crippen molar-refractivity contribution in [3.8, 4) is 11.3 Å². The van der Waals surface area contributed by atoms with Gasteiger partial charge in [0.15, 0.2) is 0 Å². The lowest BCUT2D eigenvalue weighted by Crippen LogP contribution is -2.44. The lowest BCUT2D eigenvalue weighted by molar-refractivity contribution is -0.131. The van der Waals surface area contributed by atoms with Gasteiger partial charge in [-0.15, -0.1) is 0 Å². The van der Waals surface area contributed by atoms with Crippen molar-refractivity contribution in [1.82, 2.24) is 9.47 Å². The zero-order chi connectivity index (χ0) is 25.5. The van der Waals surface area contributed by atoms with Crippen molar-refractivity contribution < 1.29 is 14.7 Å². The monoisotopic (exact) mass is 499 g/mol. The van der Waals surface area contributed by atoms with Crippen molar-refractivity contribution in [1.29, 1.82) is 0 Å². The topological polar surface area (TPSA) is 65.8 Å². The fraction of sp³-hybridized carbons (Fsp3) is 0.484. The maximum absolute atomic E-state index is 13.4. The van der Waals surface area contributed by atoms with E-state index in [1.54, 1.807) is 6.07 Å². The van der Waals surface area contributed by atoms with Crippen LogP contribution in [0.5, 0.6) is 0 Å². The number of rotatable bonds is 4. The van der Waals surface area contributed by atoms with Gasteiger partial charge in [0.05, 0.1) is 17.8 Å². The van der Waals surface area contributed by atoms with Crippen LogP contribution in [0.15, 0.2) is 42.5 Å². The van der Waals surface area contributed by atoms with E-state index >= 15 is 0 Å². The summed E-state index contributed by atoms with van der Waals surface area (Å²) in [5.74, 6) is 0.475. The van der Waals surface area contributed by atoms with Gasteiger partial charge in [0.2, 0.25) is 5.91 Å². The Kier molecular flexibility index (Phi) is 6.43. The Labute approximate surface area is 218 Å². The first-order valence-electron chi connectivity index (χ1n) is 14.0. The second-order valence-corrected chi connectivity index (χ2v) is 11.3. The molecule has 0 bridgehead atoms. The SMILES string of the molecule is CC1CCN(C(=O)CN2CCn3c(c(C4CCCCC4)c4ccc(C(=O)O)cc43)-c3ccccc32)CC1. The van der Waals surface area contributed by atoms with E-state index in [4.69, 9.17) is 0 Å². The molecule has 3 heterocycles. The zero-order valence-electron chi connectivity index (χ0n) is 21.8. The fourth-order valence-corrected chi connectivity index (χ4v) is 6.81. The highest BCUT2D eigenvalue weighted by Gasteiger charge is 2.31. The molecule has 1 N–H and O–H groups in total. The second-order valence-electron chi connectivity index (χ2n) is 11.3. The van der Waals surface area contributed by atoms with Crippen LogP contribution in [-0.4, -0.2) is 52.6 Å². The van der Waals surface area contributed by atoms with E-state index in [1.165, 1.54) is 48.7 Å². The number of carbonyl (C=O) groups is 2. The molecule has 2 fully saturated rings. The van der Waals surface area contributed by atoms with Gasteiger partial charge in [-0.3, -0.25) is 4.79 Å². The minimum absolute atomic E-state index is 0.207. The molecule has 6 rings (SSSR count). The van der Waals surface area contributed by atoms with E-state index in [0.29, 0.717) is 30.5 Å². The van der Waals surface area contributed by atoms with Gasteiger partial charge < -0.3 is 19.5 Å². The lowest BCUT2D eigenvalue weighted by atomic mass is 9.81. The molecule has 0 atom stereocenters. The third-order valence-electron chi connectivity index (χ3n) is 8.92. The number of hydrogen-bond acceptors (Lipinski definition) is 3. The van der Waals surface area contributed by atoms with Crippen LogP contribution >= 0.6 is 0 Å². The fourth-order valence-electron chi connectivity index (χ4n) is 6.81. The van der Waals surface area contributed by atoms with Crippen LogP contribution in [-0.2, 0) is 11.3 Å². The normalized spacial score (nSPS) is 18.9. The van der Waals surface area contributed by atoms with E-state index in [0.717, 1.165) is 49.2 Å². The number of benzene rings is 2. The first-order valence-corrected chi connectivity index (χ1v) is 14.0. The summed E-state index contributed by atoms with van der Waals surface area (Å²) in [5, 5.41) is 10.9. The van der Waals surface area contributed by atoms with E-state index in [9.17, 15) is 14.7 Å². The van der Waals surface area contributed by atoms with Gasteiger partial charge in [0, 0.05) is 48.3 Å². The molecule has 1 aromatic heterocycles. The van der Waals surface area contributed by atoms with E-state index in [1.807, 2.05) is 17.0 Å². The van der Waals surface area contributed by atoms with Gasteiger partial charge in [-0.1, -0.05) is 50.5 Å². The van der Waals surface area contributed by atoms with Crippen LogP contribution in [0.4, 0.5) is 5.69 Å². The number of piperidine rings is 1. The molecular formula is C31H37N3O3. The minimum atomic E-state index is -0.895. The summed E-state index contributed by atoms with van der Waals surface area (Å²) in [6.45, 7) is 5.79. The molecule has 0 radical (unpaired) electrons. The molecular weight excluding hydrogens is 462 g/mol. The Morgan fingerprint density at radius 2 is 1.68 bits per heavy atom. The Hall–Kier alpha value is -3.28. The van der Waals surface area contributed by atoms with E-state index in [2.05, 4.69) is 40.7 Å². The predicted octanol–water partition coefficient (Wildman–Crippen LogP) is 6.13. The number of likely N-dealkylation sites (tertiary alicyclic amines) is 1. The van der Waals surface area contributed by atoms with Crippen LogP contribution in [0.1, 0.15) is 73.7 Å². The minimum Gasteiger partial charge on any atom is -0.478 e. The lowest BCUT2D eigenvalue weighted by Gasteiger charge is -2.33. The van der Waals surface area contributed by atoms with Crippen LogP contribution in [0.25, 0.3) is 22.2 Å². The Morgan fingerprint density at radius 1 is 0.919 bits per heavy atom. The molecule has 1 saturated heterocycles. The summed E-state index contributed by atoms with van der Waals surface area (Å²) < 4.78 is 2.34. The average Bonchev–Trinajstić information content (AvgIpc) is 3.16. The number of nitrogens with zero attached hydrogens (tertiary/aromatic N) is 3. The molecule has 1 saturated carbocycles. The Balaban J connectivity index is 1.45. The quantitative estimate of drug-likeness (QED) is 0.469. The number of hydrogen-bond donors (Lipinski definition) is 1. The Morgan fingerprint density at radius 3 is 2.43 bits per heavy atom. The number of aromatic nitrogens is 1. The Bertz CT molecular complexity index is 1330. The summed E-state index contributed by atoms with van der Waals surface area (Å²) >= 11 is 0. The number of carbonyl (C=O) groups excluding carboxylic acids is 1. The number of carboxylic acid groups (broad SMARTS) is 1. The van der Waals surface area contributed by atoms with Crippen molar-refractivity contribution in [2.24, 2.45) is 5.92 Å². The summed E-state index contributed by atoms with van der Waals surface area (Å²) in [6, 6.07) is 14.1. The van der Waals surface area contributed by atoms with Crippen LogP contribution in [0.3, 0.4) is 0 Å². The average molecular weight is 500 g/mol. The van der Waals surface area contributed by atoms with Crippen molar-refractivity contribution in [3.05, 3.63) is 53.6 Å². The van der Waals surface area contributed by atoms with Crippen LogP contribution in [0, 0.1) is 5.92 Å². The number of amides is 1. The number of carboxylic acids is 1. The number of fused-ring (bicyclic) bond motifs is 5. The van der Waals surface area contributed by atoms with Crippen LogP contribution in [0.2, 0.25) is 0 Å². The largest absolute Gasteiger partial charge is 0.478 e. The first kappa shape index (κ1) is 24.1. The maximum atomic E-state index is 13.4.